The van der Waals surface area contributed by atoms with Gasteiger partial charge in [-0.2, -0.15) is 16.1 Å². The highest BCUT2D eigenvalue weighted by Gasteiger charge is 2.26. The van der Waals surface area contributed by atoms with E-state index in [-0.39, 0.29) is 10.8 Å². The van der Waals surface area contributed by atoms with Crippen LogP contribution in [0, 0.1) is 0 Å². The Morgan fingerprint density at radius 3 is 2.44 bits per heavy atom. The summed E-state index contributed by atoms with van der Waals surface area (Å²) in [5, 5.41) is 3.66. The molecule has 6 nitrogen and oxygen atoms in total. The monoisotopic (exact) mass is 412 g/mol. The maximum absolute atomic E-state index is 12.6. The Balaban J connectivity index is 1.48. The summed E-state index contributed by atoms with van der Waals surface area (Å²) in [7, 11) is -3.52. The fourth-order valence-corrected chi connectivity index (χ4v) is 6.07. The molecule has 1 amide bonds. The van der Waals surface area contributed by atoms with Crippen molar-refractivity contribution in [1.29, 1.82) is 0 Å². The third-order valence-electron chi connectivity index (χ3n) is 5.02. The maximum atomic E-state index is 12.6. The number of benzene rings is 1. The largest absolute Gasteiger partial charge is 0.379 e. The average Bonchev–Trinajstić information content (AvgIpc) is 2.72. The van der Waals surface area contributed by atoms with Crippen molar-refractivity contribution in [3.63, 3.8) is 0 Å². The summed E-state index contributed by atoms with van der Waals surface area (Å²) in [6.45, 7) is 2.19. The van der Waals surface area contributed by atoms with Crippen LogP contribution in [-0.2, 0) is 14.8 Å². The van der Waals surface area contributed by atoms with Crippen LogP contribution in [0.15, 0.2) is 29.2 Å². The van der Waals surface area contributed by atoms with E-state index in [1.165, 1.54) is 48.5 Å². The first-order valence-corrected chi connectivity index (χ1v) is 12.1. The number of thioether (sulfide) groups is 1. The van der Waals surface area contributed by atoms with E-state index in [2.05, 4.69) is 5.32 Å². The molecular weight excluding hydrogens is 384 g/mol. The average molecular weight is 413 g/mol. The van der Waals surface area contributed by atoms with Crippen LogP contribution < -0.4 is 5.32 Å². The van der Waals surface area contributed by atoms with Crippen LogP contribution in [-0.4, -0.2) is 62.5 Å². The van der Waals surface area contributed by atoms with Crippen LogP contribution in [0.4, 0.5) is 0 Å². The molecule has 1 saturated carbocycles. The lowest BCUT2D eigenvalue weighted by Crippen LogP contribution is -2.40. The van der Waals surface area contributed by atoms with Gasteiger partial charge in [-0.3, -0.25) is 4.79 Å². The summed E-state index contributed by atoms with van der Waals surface area (Å²) >= 11 is 1.95. The second-order valence-corrected chi connectivity index (χ2v) is 10.3. The van der Waals surface area contributed by atoms with Crippen molar-refractivity contribution in [2.24, 2.45) is 0 Å². The summed E-state index contributed by atoms with van der Waals surface area (Å²) in [6, 6.07) is 6.18. The predicted molar refractivity (Wildman–Crippen MR) is 108 cm³/mol. The highest BCUT2D eigenvalue weighted by Crippen LogP contribution is 2.27. The standard InChI is InChI=1S/C19H28N2O4S2/c22-19(20-10-15-26-17-4-2-1-3-5-17)16-6-8-18(9-7-16)27(23,24)21-11-13-25-14-12-21/h6-9,17H,1-5,10-15H2,(H,20,22). The number of rotatable bonds is 7. The molecule has 0 bridgehead atoms. The lowest BCUT2D eigenvalue weighted by molar-refractivity contribution is 0.0730. The Kier molecular flexibility index (Phi) is 7.57. The van der Waals surface area contributed by atoms with Crippen LogP contribution >= 0.6 is 11.8 Å². The van der Waals surface area contributed by atoms with E-state index in [0.29, 0.717) is 38.4 Å². The molecule has 2 aliphatic rings. The zero-order valence-electron chi connectivity index (χ0n) is 15.6. The normalized spacial score (nSPS) is 19.7. The van der Waals surface area contributed by atoms with Crippen molar-refractivity contribution in [3.8, 4) is 0 Å². The van der Waals surface area contributed by atoms with Gasteiger partial charge >= 0.3 is 0 Å². The first kappa shape index (κ1) is 20.6. The zero-order chi connectivity index (χ0) is 19.1. The number of carbonyl (C=O) groups is 1. The second-order valence-electron chi connectivity index (χ2n) is 6.93. The molecule has 150 valence electrons. The second kappa shape index (κ2) is 9.91. The number of morpholine rings is 1. The first-order chi connectivity index (χ1) is 13.1. The molecule has 1 aromatic carbocycles. The van der Waals surface area contributed by atoms with E-state index in [0.717, 1.165) is 11.0 Å². The highest BCUT2D eigenvalue weighted by atomic mass is 32.2. The molecule has 0 unspecified atom stereocenters. The lowest BCUT2D eigenvalue weighted by atomic mass is 10.0. The van der Waals surface area contributed by atoms with Crippen molar-refractivity contribution < 1.29 is 17.9 Å². The Morgan fingerprint density at radius 2 is 1.78 bits per heavy atom. The molecule has 8 heteroatoms. The number of ether oxygens (including phenoxy) is 1. The third-order valence-corrected chi connectivity index (χ3v) is 8.31. The van der Waals surface area contributed by atoms with E-state index in [1.807, 2.05) is 11.8 Å². The van der Waals surface area contributed by atoms with Crippen LogP contribution in [0.2, 0.25) is 0 Å². The molecule has 1 heterocycles. The molecular formula is C19H28N2O4S2. The zero-order valence-corrected chi connectivity index (χ0v) is 17.2. The minimum Gasteiger partial charge on any atom is -0.379 e. The van der Waals surface area contributed by atoms with Gasteiger partial charge in [0.05, 0.1) is 18.1 Å². The molecule has 27 heavy (non-hydrogen) atoms. The number of nitrogens with one attached hydrogen (secondary N) is 1. The highest BCUT2D eigenvalue weighted by molar-refractivity contribution is 7.99. The summed E-state index contributed by atoms with van der Waals surface area (Å²) in [4.78, 5) is 12.5. The Morgan fingerprint density at radius 1 is 1.11 bits per heavy atom. The SMILES string of the molecule is O=C(NCCSC1CCCCC1)c1ccc(S(=O)(=O)N2CCOCC2)cc1. The van der Waals surface area contributed by atoms with Crippen LogP contribution in [0.5, 0.6) is 0 Å². The van der Waals surface area contributed by atoms with Gasteiger partial charge in [-0.1, -0.05) is 19.3 Å². The number of sulfonamides is 1. The minimum absolute atomic E-state index is 0.158. The van der Waals surface area contributed by atoms with Crippen molar-refractivity contribution in [1.82, 2.24) is 9.62 Å². The minimum atomic E-state index is -3.52. The van der Waals surface area contributed by atoms with Gasteiger partial charge in [-0.25, -0.2) is 8.42 Å². The molecule has 1 aliphatic heterocycles. The van der Waals surface area contributed by atoms with E-state index in [9.17, 15) is 13.2 Å². The topological polar surface area (TPSA) is 75.7 Å². The van der Waals surface area contributed by atoms with Gasteiger partial charge in [0.25, 0.3) is 5.91 Å². The van der Waals surface area contributed by atoms with Crippen LogP contribution in [0.1, 0.15) is 42.5 Å². The molecule has 1 saturated heterocycles. The van der Waals surface area contributed by atoms with Crippen molar-refractivity contribution >= 4 is 27.7 Å². The van der Waals surface area contributed by atoms with Crippen LogP contribution in [0.3, 0.4) is 0 Å². The fraction of sp³-hybridized carbons (Fsp3) is 0.632. The van der Waals surface area contributed by atoms with E-state index in [4.69, 9.17) is 4.74 Å². The maximum Gasteiger partial charge on any atom is 0.251 e. The molecule has 0 atom stereocenters. The third kappa shape index (κ3) is 5.70. The predicted octanol–water partition coefficient (Wildman–Crippen LogP) is 2.50. The van der Waals surface area contributed by atoms with E-state index >= 15 is 0 Å². The number of hydrogen-bond acceptors (Lipinski definition) is 5. The smallest absolute Gasteiger partial charge is 0.251 e. The van der Waals surface area contributed by atoms with Gasteiger partial charge in [0.15, 0.2) is 0 Å². The number of carbonyl (C=O) groups excluding carboxylic acids is 1. The van der Waals surface area contributed by atoms with Gasteiger partial charge in [-0.15, -0.1) is 0 Å². The Labute approximate surface area is 166 Å². The Hall–Kier alpha value is -1.09. The van der Waals surface area contributed by atoms with Gasteiger partial charge < -0.3 is 10.1 Å². The Bertz CT molecular complexity index is 710. The van der Waals surface area contributed by atoms with Crippen molar-refractivity contribution in [3.05, 3.63) is 29.8 Å². The molecule has 0 aromatic heterocycles. The van der Waals surface area contributed by atoms with Gasteiger partial charge in [-0.05, 0) is 37.1 Å². The molecule has 2 fully saturated rings. The summed E-state index contributed by atoms with van der Waals surface area (Å²) < 4.78 is 31.8. The number of nitrogens with zero attached hydrogens (tertiary/aromatic N) is 1. The van der Waals surface area contributed by atoms with E-state index in [1.54, 1.807) is 12.1 Å². The summed E-state index contributed by atoms with van der Waals surface area (Å²) in [5.74, 6) is 0.759. The molecule has 3 rings (SSSR count). The molecule has 1 N–H and O–H groups in total. The van der Waals surface area contributed by atoms with Gasteiger partial charge in [0.1, 0.15) is 0 Å². The fourth-order valence-electron chi connectivity index (χ4n) is 3.44. The lowest BCUT2D eigenvalue weighted by Gasteiger charge is -2.26. The summed E-state index contributed by atoms with van der Waals surface area (Å²) in [6.07, 6.45) is 6.58. The quantitative estimate of drug-likeness (QED) is 0.697. The molecule has 0 spiro atoms. The number of hydrogen-bond donors (Lipinski definition) is 1. The van der Waals surface area contributed by atoms with Crippen molar-refractivity contribution in [2.45, 2.75) is 42.2 Å². The molecule has 1 aromatic rings. The van der Waals surface area contributed by atoms with Crippen molar-refractivity contribution in [2.75, 3.05) is 38.6 Å². The van der Waals surface area contributed by atoms with Gasteiger partial charge in [0, 0.05) is 36.2 Å². The number of amides is 1. The molecule has 1 aliphatic carbocycles. The molecule has 0 radical (unpaired) electrons. The van der Waals surface area contributed by atoms with E-state index < -0.39 is 10.0 Å². The van der Waals surface area contributed by atoms with Gasteiger partial charge in [0.2, 0.25) is 10.0 Å². The van der Waals surface area contributed by atoms with Crippen LogP contribution in [0.25, 0.3) is 0 Å². The summed E-state index contributed by atoms with van der Waals surface area (Å²) in [5.41, 5.74) is 0.485. The first-order valence-electron chi connectivity index (χ1n) is 9.65.